The van der Waals surface area contributed by atoms with E-state index in [9.17, 15) is 0 Å². The summed E-state index contributed by atoms with van der Waals surface area (Å²) >= 11 is 0. The topological polar surface area (TPSA) is 18.5 Å². The van der Waals surface area contributed by atoms with Gasteiger partial charge in [-0.25, -0.2) is 0 Å². The second kappa shape index (κ2) is 7.43. The molecular weight excluding hydrogens is 252 g/mol. The summed E-state index contributed by atoms with van der Waals surface area (Å²) in [5, 5.41) is 3.71. The van der Waals surface area contributed by atoms with E-state index in [-0.39, 0.29) is 0 Å². The third-order valence-corrected chi connectivity index (χ3v) is 4.57. The molecule has 0 bridgehead atoms. The highest BCUT2D eigenvalue weighted by molar-refractivity contribution is 6.61. The van der Waals surface area contributed by atoms with Gasteiger partial charge in [-0.05, 0) is 28.8 Å². The van der Waals surface area contributed by atoms with Gasteiger partial charge in [-0.3, -0.25) is 0 Å². The first-order valence-corrected chi connectivity index (χ1v) is 8.28. The van der Waals surface area contributed by atoms with Crippen LogP contribution in [0, 0.1) is 0 Å². The first kappa shape index (κ1) is 14.3. The Kier molecular flexibility index (Phi) is 5.57. The van der Waals surface area contributed by atoms with E-state index in [0.717, 1.165) is 26.1 Å². The summed E-state index contributed by atoms with van der Waals surface area (Å²) < 4.78 is 11.8. The smallest absolute Gasteiger partial charge is 0.390 e. The molecule has 0 aliphatic rings. The van der Waals surface area contributed by atoms with Gasteiger partial charge in [-0.15, -0.1) is 0 Å². The number of benzene rings is 2. The van der Waals surface area contributed by atoms with E-state index in [4.69, 9.17) is 8.85 Å². The zero-order valence-corrected chi connectivity index (χ0v) is 12.7. The van der Waals surface area contributed by atoms with E-state index in [1.54, 1.807) is 0 Å². The van der Waals surface area contributed by atoms with Gasteiger partial charge in [0.25, 0.3) is 0 Å². The minimum absolute atomic E-state index is 0.769. The maximum atomic E-state index is 5.91. The monoisotopic (exact) mass is 273 g/mol. The maximum Gasteiger partial charge on any atom is 0.423 e. The van der Waals surface area contributed by atoms with Crippen LogP contribution >= 0.6 is 0 Å². The van der Waals surface area contributed by atoms with Gasteiger partial charge in [0.2, 0.25) is 0 Å². The summed E-state index contributed by atoms with van der Waals surface area (Å²) in [5.41, 5.74) is 0. The molecule has 0 fully saturated rings. The molecule has 0 heterocycles. The molecule has 101 valence electrons. The summed E-state index contributed by atoms with van der Waals surface area (Å²) in [6.07, 6.45) is 2.05. The minimum Gasteiger partial charge on any atom is -0.390 e. The highest BCUT2D eigenvalue weighted by atomic mass is 28.3. The van der Waals surface area contributed by atoms with Crippen LogP contribution in [0.25, 0.3) is 10.8 Å². The minimum atomic E-state index is -1.34. The van der Waals surface area contributed by atoms with Crippen molar-refractivity contribution in [2.24, 2.45) is 0 Å². The maximum absolute atomic E-state index is 5.91. The second-order valence-corrected chi connectivity index (χ2v) is 6.28. The Bertz CT molecular complexity index is 505. The molecule has 0 saturated heterocycles. The van der Waals surface area contributed by atoms with Gasteiger partial charge in [0, 0.05) is 13.2 Å². The molecule has 0 aliphatic carbocycles. The van der Waals surface area contributed by atoms with Crippen LogP contribution < -0.4 is 5.19 Å². The van der Waals surface area contributed by atoms with Crippen molar-refractivity contribution >= 4 is 25.2 Å². The van der Waals surface area contributed by atoms with Crippen molar-refractivity contribution in [3.8, 4) is 0 Å². The lowest BCUT2D eigenvalue weighted by molar-refractivity contribution is 0.207. The number of hydrogen-bond acceptors (Lipinski definition) is 2. The standard InChI is InChI=1S/C16H21O2Si/c1-3-11-17-19(18-12-4-2)16-10-9-14-7-5-6-8-15(14)13-16/h5-10,13H,3-4,11-12H2,1-2H3. The van der Waals surface area contributed by atoms with Gasteiger partial charge in [-0.2, -0.15) is 0 Å². The molecule has 0 atom stereocenters. The Labute approximate surface area is 117 Å². The molecule has 0 spiro atoms. The number of rotatable bonds is 7. The Morgan fingerprint density at radius 3 is 2.11 bits per heavy atom. The molecule has 0 N–H and O–H groups in total. The van der Waals surface area contributed by atoms with Gasteiger partial charge < -0.3 is 8.85 Å². The molecule has 0 aromatic heterocycles. The van der Waals surface area contributed by atoms with E-state index < -0.39 is 9.28 Å². The van der Waals surface area contributed by atoms with Gasteiger partial charge in [0.05, 0.1) is 0 Å². The van der Waals surface area contributed by atoms with Crippen LogP contribution in [0.2, 0.25) is 0 Å². The van der Waals surface area contributed by atoms with E-state index in [1.807, 2.05) is 0 Å². The highest BCUT2D eigenvalue weighted by Crippen LogP contribution is 2.12. The average Bonchev–Trinajstić information content (AvgIpc) is 2.47. The predicted octanol–water partition coefficient (Wildman–Crippen LogP) is 3.39. The normalized spacial score (nSPS) is 11.3. The lowest BCUT2D eigenvalue weighted by Gasteiger charge is -2.15. The Morgan fingerprint density at radius 1 is 0.842 bits per heavy atom. The van der Waals surface area contributed by atoms with Crippen molar-refractivity contribution in [3.05, 3.63) is 42.5 Å². The van der Waals surface area contributed by atoms with Gasteiger partial charge >= 0.3 is 9.28 Å². The summed E-state index contributed by atoms with van der Waals surface area (Å²) in [6, 6.07) is 14.9. The van der Waals surface area contributed by atoms with Crippen LogP contribution in [0.3, 0.4) is 0 Å². The summed E-state index contributed by atoms with van der Waals surface area (Å²) in [6.45, 7) is 5.79. The SMILES string of the molecule is CCCO[Si](OCCC)c1ccc2ccccc2c1. The molecule has 2 rings (SSSR count). The third-order valence-electron chi connectivity index (χ3n) is 2.86. The molecule has 19 heavy (non-hydrogen) atoms. The van der Waals surface area contributed by atoms with Crippen molar-refractivity contribution in [1.82, 2.24) is 0 Å². The number of hydrogen-bond donors (Lipinski definition) is 0. The first-order chi connectivity index (χ1) is 9.35. The molecule has 0 saturated carbocycles. The fourth-order valence-electron chi connectivity index (χ4n) is 1.91. The second-order valence-electron chi connectivity index (χ2n) is 4.55. The van der Waals surface area contributed by atoms with E-state index in [2.05, 4.69) is 56.3 Å². The van der Waals surface area contributed by atoms with Crippen LogP contribution in [0.1, 0.15) is 26.7 Å². The van der Waals surface area contributed by atoms with Gasteiger partial charge in [0.15, 0.2) is 0 Å². The molecule has 0 unspecified atom stereocenters. The van der Waals surface area contributed by atoms with Gasteiger partial charge in [0.1, 0.15) is 0 Å². The van der Waals surface area contributed by atoms with Crippen molar-refractivity contribution in [2.75, 3.05) is 13.2 Å². The molecule has 0 aliphatic heterocycles. The van der Waals surface area contributed by atoms with Crippen molar-refractivity contribution < 1.29 is 8.85 Å². The quantitative estimate of drug-likeness (QED) is 0.720. The van der Waals surface area contributed by atoms with Crippen LogP contribution in [0.5, 0.6) is 0 Å². The molecule has 2 aromatic carbocycles. The Balaban J connectivity index is 2.21. The molecule has 2 nitrogen and oxygen atoms in total. The largest absolute Gasteiger partial charge is 0.423 e. The van der Waals surface area contributed by atoms with Crippen LogP contribution in [0.15, 0.2) is 42.5 Å². The lowest BCUT2D eigenvalue weighted by atomic mass is 10.1. The predicted molar refractivity (Wildman–Crippen MR) is 81.8 cm³/mol. The zero-order chi connectivity index (χ0) is 13.5. The van der Waals surface area contributed by atoms with Crippen molar-refractivity contribution in [2.45, 2.75) is 26.7 Å². The van der Waals surface area contributed by atoms with E-state index in [1.165, 1.54) is 16.0 Å². The van der Waals surface area contributed by atoms with Crippen LogP contribution in [0.4, 0.5) is 0 Å². The van der Waals surface area contributed by atoms with Crippen molar-refractivity contribution in [1.29, 1.82) is 0 Å². The fraction of sp³-hybridized carbons (Fsp3) is 0.375. The fourth-order valence-corrected chi connectivity index (χ4v) is 3.60. The average molecular weight is 273 g/mol. The van der Waals surface area contributed by atoms with E-state index in [0.29, 0.717) is 0 Å². The Morgan fingerprint density at radius 2 is 1.47 bits per heavy atom. The number of fused-ring (bicyclic) bond motifs is 1. The lowest BCUT2D eigenvalue weighted by Crippen LogP contribution is -2.37. The summed E-state index contributed by atoms with van der Waals surface area (Å²) in [4.78, 5) is 0. The summed E-state index contributed by atoms with van der Waals surface area (Å²) in [5.74, 6) is 0. The molecule has 0 amide bonds. The first-order valence-electron chi connectivity index (χ1n) is 6.97. The van der Waals surface area contributed by atoms with E-state index >= 15 is 0 Å². The zero-order valence-electron chi connectivity index (χ0n) is 11.7. The molecule has 3 heteroatoms. The molecule has 2 aromatic rings. The van der Waals surface area contributed by atoms with Crippen LogP contribution in [-0.2, 0) is 8.85 Å². The highest BCUT2D eigenvalue weighted by Gasteiger charge is 2.18. The third kappa shape index (κ3) is 3.90. The van der Waals surface area contributed by atoms with Crippen molar-refractivity contribution in [3.63, 3.8) is 0 Å². The van der Waals surface area contributed by atoms with Crippen LogP contribution in [-0.4, -0.2) is 22.5 Å². The summed E-state index contributed by atoms with van der Waals surface area (Å²) in [7, 11) is -1.34. The molecular formula is C16H21O2Si. The Hall–Kier alpha value is -1.16. The van der Waals surface area contributed by atoms with Gasteiger partial charge in [-0.1, -0.05) is 56.3 Å². The molecule has 1 radical (unpaired) electrons.